The normalized spacial score (nSPS) is 14.8. The predicted octanol–water partition coefficient (Wildman–Crippen LogP) is 3.38. The van der Waals surface area contributed by atoms with Crippen LogP contribution in [0.2, 0.25) is 0 Å². The molecular weight excluding hydrogens is 212 g/mol. The molecule has 0 aromatic carbocycles. The zero-order valence-corrected chi connectivity index (χ0v) is 12.0. The fourth-order valence-electron chi connectivity index (χ4n) is 2.29. The molecule has 0 aliphatic carbocycles. The van der Waals surface area contributed by atoms with Crippen LogP contribution in [0.15, 0.2) is 0 Å². The monoisotopic (exact) mass is 244 g/mol. The van der Waals surface area contributed by atoms with Gasteiger partial charge in [-0.1, -0.05) is 58.8 Å². The Kier molecular flexibility index (Phi) is 12.3. The molecule has 2 unspecified atom stereocenters. The van der Waals surface area contributed by atoms with Gasteiger partial charge in [0.05, 0.1) is 6.10 Å². The molecule has 0 amide bonds. The molecule has 0 radical (unpaired) electrons. The van der Waals surface area contributed by atoms with Crippen LogP contribution < -0.4 is 11.3 Å². The second-order valence-electron chi connectivity index (χ2n) is 4.89. The summed E-state index contributed by atoms with van der Waals surface area (Å²) in [5, 5.41) is 0. The molecule has 0 heterocycles. The van der Waals surface area contributed by atoms with Crippen LogP contribution in [0.4, 0.5) is 0 Å². The summed E-state index contributed by atoms with van der Waals surface area (Å²) in [5.41, 5.74) is 2.91. The number of hydrogen-bond donors (Lipinski definition) is 2. The first-order chi connectivity index (χ1) is 8.29. The van der Waals surface area contributed by atoms with E-state index in [0.717, 1.165) is 19.3 Å². The molecule has 0 aromatic rings. The largest absolute Gasteiger partial charge is 0.380 e. The van der Waals surface area contributed by atoms with E-state index in [1.807, 2.05) is 0 Å². The zero-order chi connectivity index (χ0) is 12.9. The molecule has 0 bridgehead atoms. The van der Waals surface area contributed by atoms with Crippen LogP contribution in [0.3, 0.4) is 0 Å². The number of hydrogen-bond acceptors (Lipinski definition) is 3. The highest BCUT2D eigenvalue weighted by Gasteiger charge is 2.18. The fraction of sp³-hybridized carbons (Fsp3) is 1.00. The third-order valence-electron chi connectivity index (χ3n) is 3.41. The molecule has 0 aliphatic heterocycles. The first kappa shape index (κ1) is 16.9. The van der Waals surface area contributed by atoms with Crippen molar-refractivity contribution in [2.45, 2.75) is 83.8 Å². The molecule has 0 aromatic heterocycles. The maximum atomic E-state index is 5.61. The standard InChI is InChI=1S/C14H32N2O/c1-4-6-7-8-9-10-12-13(16-15)14(17-3)11-5-2/h13-14,16H,4-12,15H2,1-3H3. The molecule has 3 N–H and O–H groups in total. The highest BCUT2D eigenvalue weighted by molar-refractivity contribution is 4.74. The maximum Gasteiger partial charge on any atom is 0.0737 e. The van der Waals surface area contributed by atoms with Crippen LogP contribution >= 0.6 is 0 Å². The van der Waals surface area contributed by atoms with Crippen LogP contribution in [-0.4, -0.2) is 19.3 Å². The summed E-state index contributed by atoms with van der Waals surface area (Å²) in [4.78, 5) is 0. The summed E-state index contributed by atoms with van der Waals surface area (Å²) in [6.45, 7) is 4.44. The second-order valence-corrected chi connectivity index (χ2v) is 4.89. The number of nitrogens with two attached hydrogens (primary N) is 1. The van der Waals surface area contributed by atoms with Gasteiger partial charge >= 0.3 is 0 Å². The smallest absolute Gasteiger partial charge is 0.0737 e. The van der Waals surface area contributed by atoms with E-state index >= 15 is 0 Å². The fourth-order valence-corrected chi connectivity index (χ4v) is 2.29. The van der Waals surface area contributed by atoms with E-state index in [4.69, 9.17) is 10.6 Å². The summed E-state index contributed by atoms with van der Waals surface area (Å²) >= 11 is 0. The lowest BCUT2D eigenvalue weighted by Gasteiger charge is -2.25. The summed E-state index contributed by atoms with van der Waals surface area (Å²) in [6.07, 6.45) is 11.6. The van der Waals surface area contributed by atoms with E-state index < -0.39 is 0 Å². The first-order valence-electron chi connectivity index (χ1n) is 7.29. The minimum absolute atomic E-state index is 0.264. The van der Waals surface area contributed by atoms with Crippen LogP contribution in [0.1, 0.15) is 71.6 Å². The number of ether oxygens (including phenoxy) is 1. The average molecular weight is 244 g/mol. The Morgan fingerprint density at radius 1 is 0.941 bits per heavy atom. The van der Waals surface area contributed by atoms with Gasteiger partial charge in [-0.2, -0.15) is 0 Å². The lowest BCUT2D eigenvalue weighted by atomic mass is 9.99. The molecule has 0 saturated carbocycles. The molecule has 3 heteroatoms. The summed E-state index contributed by atoms with van der Waals surface area (Å²) < 4.78 is 5.50. The molecule has 0 saturated heterocycles. The molecule has 0 spiro atoms. The van der Waals surface area contributed by atoms with Crippen molar-refractivity contribution in [1.82, 2.24) is 5.43 Å². The molecular formula is C14H32N2O. The third-order valence-corrected chi connectivity index (χ3v) is 3.41. The topological polar surface area (TPSA) is 47.3 Å². The Hall–Kier alpha value is -0.120. The maximum absolute atomic E-state index is 5.61. The Bertz CT molecular complexity index is 153. The van der Waals surface area contributed by atoms with Crippen molar-refractivity contribution in [2.24, 2.45) is 5.84 Å². The minimum atomic E-state index is 0.264. The number of nitrogens with one attached hydrogen (secondary N) is 1. The van der Waals surface area contributed by atoms with Gasteiger partial charge in [0.25, 0.3) is 0 Å². The Morgan fingerprint density at radius 2 is 1.59 bits per heavy atom. The van der Waals surface area contributed by atoms with Crippen LogP contribution in [0, 0.1) is 0 Å². The first-order valence-corrected chi connectivity index (χ1v) is 7.29. The van der Waals surface area contributed by atoms with E-state index in [9.17, 15) is 0 Å². The summed E-state index contributed by atoms with van der Waals surface area (Å²) in [7, 11) is 1.78. The van der Waals surface area contributed by atoms with Crippen LogP contribution in [0.25, 0.3) is 0 Å². The molecule has 0 aliphatic rings. The van der Waals surface area contributed by atoms with Crippen molar-refractivity contribution in [3.8, 4) is 0 Å². The molecule has 2 atom stereocenters. The van der Waals surface area contributed by atoms with Gasteiger partial charge in [0.15, 0.2) is 0 Å². The van der Waals surface area contributed by atoms with E-state index in [2.05, 4.69) is 19.3 Å². The summed E-state index contributed by atoms with van der Waals surface area (Å²) in [5.74, 6) is 5.61. The third kappa shape index (κ3) is 8.58. The van der Waals surface area contributed by atoms with Crippen molar-refractivity contribution in [1.29, 1.82) is 0 Å². The average Bonchev–Trinajstić information content (AvgIpc) is 2.36. The number of hydrazine groups is 1. The zero-order valence-electron chi connectivity index (χ0n) is 12.0. The lowest BCUT2D eigenvalue weighted by molar-refractivity contribution is 0.0572. The molecule has 0 rings (SSSR count). The van der Waals surface area contributed by atoms with Gasteiger partial charge in [-0.15, -0.1) is 0 Å². The number of rotatable bonds is 12. The minimum Gasteiger partial charge on any atom is -0.380 e. The second kappa shape index (κ2) is 12.3. The quantitative estimate of drug-likeness (QED) is 0.314. The Balaban J connectivity index is 3.65. The molecule has 104 valence electrons. The van der Waals surface area contributed by atoms with Crippen LogP contribution in [-0.2, 0) is 4.74 Å². The molecule has 3 nitrogen and oxygen atoms in total. The lowest BCUT2D eigenvalue weighted by Crippen LogP contribution is -2.44. The van der Waals surface area contributed by atoms with Gasteiger partial charge in [-0.25, -0.2) is 0 Å². The van der Waals surface area contributed by atoms with Crippen molar-refractivity contribution >= 4 is 0 Å². The summed E-state index contributed by atoms with van der Waals surface area (Å²) in [6, 6.07) is 0.311. The Labute approximate surface area is 107 Å². The van der Waals surface area contributed by atoms with Gasteiger partial charge in [0.1, 0.15) is 0 Å². The van der Waals surface area contributed by atoms with Crippen molar-refractivity contribution < 1.29 is 4.74 Å². The van der Waals surface area contributed by atoms with Gasteiger partial charge < -0.3 is 4.74 Å². The van der Waals surface area contributed by atoms with E-state index in [-0.39, 0.29) is 6.10 Å². The highest BCUT2D eigenvalue weighted by atomic mass is 16.5. The SMILES string of the molecule is CCCCCCCCC(NN)C(CCC)OC. The van der Waals surface area contributed by atoms with Crippen LogP contribution in [0.5, 0.6) is 0 Å². The van der Waals surface area contributed by atoms with Crippen molar-refractivity contribution in [3.63, 3.8) is 0 Å². The number of unbranched alkanes of at least 4 members (excludes halogenated alkanes) is 5. The van der Waals surface area contributed by atoms with E-state index in [1.54, 1.807) is 7.11 Å². The molecule has 0 fully saturated rings. The Morgan fingerprint density at radius 3 is 2.12 bits per heavy atom. The highest BCUT2D eigenvalue weighted by Crippen LogP contribution is 2.14. The molecule has 17 heavy (non-hydrogen) atoms. The van der Waals surface area contributed by atoms with Gasteiger partial charge in [0, 0.05) is 13.2 Å². The van der Waals surface area contributed by atoms with E-state index in [0.29, 0.717) is 6.04 Å². The van der Waals surface area contributed by atoms with Gasteiger partial charge in [0.2, 0.25) is 0 Å². The van der Waals surface area contributed by atoms with Gasteiger partial charge in [-0.3, -0.25) is 11.3 Å². The van der Waals surface area contributed by atoms with Crippen molar-refractivity contribution in [3.05, 3.63) is 0 Å². The van der Waals surface area contributed by atoms with Crippen molar-refractivity contribution in [2.75, 3.05) is 7.11 Å². The predicted molar refractivity (Wildman–Crippen MR) is 74.8 cm³/mol. The number of methoxy groups -OCH3 is 1. The van der Waals surface area contributed by atoms with Gasteiger partial charge in [-0.05, 0) is 12.8 Å². The van der Waals surface area contributed by atoms with E-state index in [1.165, 1.54) is 38.5 Å².